The molecular weight excluding hydrogens is 244 g/mol. The second kappa shape index (κ2) is 6.24. The first-order valence-corrected chi connectivity index (χ1v) is 6.06. The van der Waals surface area contributed by atoms with Crippen LogP contribution in [0.4, 0.5) is 0 Å². The van der Waals surface area contributed by atoms with E-state index in [4.69, 9.17) is 14.0 Å². The Morgan fingerprint density at radius 1 is 1.16 bits per heavy atom. The van der Waals surface area contributed by atoms with Crippen molar-refractivity contribution in [1.29, 1.82) is 0 Å². The summed E-state index contributed by atoms with van der Waals surface area (Å²) in [5.74, 6) is 2.47. The average molecular weight is 262 g/mol. The molecule has 0 atom stereocenters. The highest BCUT2D eigenvalue weighted by Crippen LogP contribution is 2.23. The van der Waals surface area contributed by atoms with Crippen LogP contribution in [0.2, 0.25) is 0 Å². The van der Waals surface area contributed by atoms with Gasteiger partial charge in [-0.25, -0.2) is 0 Å². The lowest BCUT2D eigenvalue weighted by Crippen LogP contribution is -2.13. The molecule has 0 saturated heterocycles. The summed E-state index contributed by atoms with van der Waals surface area (Å²) in [5, 5.41) is 7.13. The lowest BCUT2D eigenvalue weighted by atomic mass is 10.2. The van der Waals surface area contributed by atoms with Crippen molar-refractivity contribution in [3.63, 3.8) is 0 Å². The topological polar surface area (TPSA) is 56.5 Å². The molecule has 1 aromatic heterocycles. The van der Waals surface area contributed by atoms with Gasteiger partial charge in [0.2, 0.25) is 0 Å². The van der Waals surface area contributed by atoms with Gasteiger partial charge in [-0.05, 0) is 25.1 Å². The zero-order valence-corrected chi connectivity index (χ0v) is 11.4. The van der Waals surface area contributed by atoms with Crippen molar-refractivity contribution < 1.29 is 14.0 Å². The fourth-order valence-electron chi connectivity index (χ4n) is 1.84. The molecule has 0 spiro atoms. The molecule has 0 aliphatic heterocycles. The minimum absolute atomic E-state index is 0.626. The maximum absolute atomic E-state index is 5.32. The van der Waals surface area contributed by atoms with Crippen molar-refractivity contribution in [3.8, 4) is 11.5 Å². The number of aryl methyl sites for hydroxylation is 1. The fraction of sp³-hybridized carbons (Fsp3) is 0.357. The molecule has 2 rings (SSSR count). The largest absolute Gasteiger partial charge is 0.497 e. The molecule has 0 saturated carbocycles. The molecule has 0 amide bonds. The van der Waals surface area contributed by atoms with Crippen molar-refractivity contribution in [2.24, 2.45) is 0 Å². The third-order valence-electron chi connectivity index (χ3n) is 2.78. The molecule has 1 N–H and O–H groups in total. The van der Waals surface area contributed by atoms with Gasteiger partial charge in [0.25, 0.3) is 0 Å². The number of benzene rings is 1. The van der Waals surface area contributed by atoms with E-state index in [-0.39, 0.29) is 0 Å². The Hall–Kier alpha value is -2.01. The summed E-state index contributed by atoms with van der Waals surface area (Å²) in [6.07, 6.45) is 0. The molecule has 0 unspecified atom stereocenters. The van der Waals surface area contributed by atoms with Gasteiger partial charge < -0.3 is 19.3 Å². The number of ether oxygens (including phenoxy) is 2. The highest BCUT2D eigenvalue weighted by Gasteiger charge is 2.06. The molecule has 0 radical (unpaired) electrons. The molecule has 0 bridgehead atoms. The number of methoxy groups -OCH3 is 2. The van der Waals surface area contributed by atoms with Gasteiger partial charge >= 0.3 is 0 Å². The summed E-state index contributed by atoms with van der Waals surface area (Å²) in [5.41, 5.74) is 1.92. The van der Waals surface area contributed by atoms with Gasteiger partial charge in [0, 0.05) is 18.2 Å². The summed E-state index contributed by atoms with van der Waals surface area (Å²) in [4.78, 5) is 0. The SMILES string of the molecule is COc1ccc(OC)c(CNCc2cc(C)no2)c1. The van der Waals surface area contributed by atoms with E-state index in [0.29, 0.717) is 13.1 Å². The van der Waals surface area contributed by atoms with E-state index in [1.54, 1.807) is 14.2 Å². The van der Waals surface area contributed by atoms with Crippen LogP contribution in [0.3, 0.4) is 0 Å². The first-order chi connectivity index (χ1) is 9.22. The van der Waals surface area contributed by atoms with Crippen LogP contribution in [-0.4, -0.2) is 19.4 Å². The van der Waals surface area contributed by atoms with E-state index in [1.807, 2.05) is 31.2 Å². The number of aromatic nitrogens is 1. The molecule has 1 heterocycles. The van der Waals surface area contributed by atoms with E-state index in [1.165, 1.54) is 0 Å². The third-order valence-corrected chi connectivity index (χ3v) is 2.78. The molecular formula is C14H18N2O3. The quantitative estimate of drug-likeness (QED) is 0.865. The van der Waals surface area contributed by atoms with Crippen molar-refractivity contribution >= 4 is 0 Å². The Balaban J connectivity index is 1.98. The molecule has 1 aromatic carbocycles. The van der Waals surface area contributed by atoms with Crippen molar-refractivity contribution in [2.45, 2.75) is 20.0 Å². The Bertz CT molecular complexity index is 537. The zero-order valence-electron chi connectivity index (χ0n) is 11.4. The minimum atomic E-state index is 0.626. The summed E-state index contributed by atoms with van der Waals surface area (Å²) >= 11 is 0. The van der Waals surface area contributed by atoms with E-state index >= 15 is 0 Å². The van der Waals surface area contributed by atoms with Crippen molar-refractivity contribution in [1.82, 2.24) is 10.5 Å². The Kier molecular flexibility index (Phi) is 4.41. The van der Waals surface area contributed by atoms with Gasteiger partial charge in [-0.3, -0.25) is 0 Å². The van der Waals surface area contributed by atoms with Gasteiger partial charge in [-0.2, -0.15) is 0 Å². The lowest BCUT2D eigenvalue weighted by molar-refractivity contribution is 0.367. The highest BCUT2D eigenvalue weighted by molar-refractivity contribution is 5.40. The zero-order chi connectivity index (χ0) is 13.7. The Morgan fingerprint density at radius 3 is 2.63 bits per heavy atom. The predicted molar refractivity (Wildman–Crippen MR) is 71.3 cm³/mol. The predicted octanol–water partition coefficient (Wildman–Crippen LogP) is 2.29. The Labute approximate surface area is 112 Å². The third kappa shape index (κ3) is 3.48. The van der Waals surface area contributed by atoms with E-state index in [9.17, 15) is 0 Å². The van der Waals surface area contributed by atoms with E-state index < -0.39 is 0 Å². The smallest absolute Gasteiger partial charge is 0.150 e. The standard InChI is InChI=1S/C14H18N2O3/c1-10-6-13(19-16-10)9-15-8-11-7-12(17-2)4-5-14(11)18-3/h4-7,15H,8-9H2,1-3H3. The van der Waals surface area contributed by atoms with Crippen LogP contribution in [0.5, 0.6) is 11.5 Å². The van der Waals surface area contributed by atoms with Crippen LogP contribution in [0.15, 0.2) is 28.8 Å². The number of hydrogen-bond acceptors (Lipinski definition) is 5. The van der Waals surface area contributed by atoms with Crippen LogP contribution in [0.25, 0.3) is 0 Å². The van der Waals surface area contributed by atoms with Gasteiger partial charge in [-0.15, -0.1) is 0 Å². The van der Waals surface area contributed by atoms with Crippen LogP contribution in [0, 0.1) is 6.92 Å². The first kappa shape index (κ1) is 13.4. The lowest BCUT2D eigenvalue weighted by Gasteiger charge is -2.10. The second-order valence-corrected chi connectivity index (χ2v) is 4.22. The average Bonchev–Trinajstić information content (AvgIpc) is 2.84. The van der Waals surface area contributed by atoms with Crippen LogP contribution >= 0.6 is 0 Å². The maximum Gasteiger partial charge on any atom is 0.150 e. The summed E-state index contributed by atoms with van der Waals surface area (Å²) in [6.45, 7) is 3.19. The maximum atomic E-state index is 5.32. The molecule has 102 valence electrons. The van der Waals surface area contributed by atoms with Gasteiger partial charge in [-0.1, -0.05) is 5.16 Å². The number of rotatable bonds is 6. The molecule has 5 nitrogen and oxygen atoms in total. The van der Waals surface area contributed by atoms with E-state index in [0.717, 1.165) is 28.5 Å². The molecule has 0 fully saturated rings. The van der Waals surface area contributed by atoms with Crippen LogP contribution < -0.4 is 14.8 Å². The van der Waals surface area contributed by atoms with Crippen LogP contribution in [0.1, 0.15) is 17.0 Å². The summed E-state index contributed by atoms with van der Waals surface area (Å²) in [7, 11) is 3.31. The Morgan fingerprint density at radius 2 is 2.00 bits per heavy atom. The molecule has 0 aliphatic rings. The monoisotopic (exact) mass is 262 g/mol. The molecule has 2 aromatic rings. The number of nitrogens with zero attached hydrogens (tertiary/aromatic N) is 1. The first-order valence-electron chi connectivity index (χ1n) is 6.06. The summed E-state index contributed by atoms with van der Waals surface area (Å²) in [6, 6.07) is 7.64. The van der Waals surface area contributed by atoms with Crippen molar-refractivity contribution in [2.75, 3.05) is 14.2 Å². The summed E-state index contributed by atoms with van der Waals surface area (Å²) < 4.78 is 15.7. The van der Waals surface area contributed by atoms with Crippen LogP contribution in [-0.2, 0) is 13.1 Å². The second-order valence-electron chi connectivity index (χ2n) is 4.22. The number of hydrogen-bond donors (Lipinski definition) is 1. The van der Waals surface area contributed by atoms with Gasteiger partial charge in [0.05, 0.1) is 26.5 Å². The molecule has 19 heavy (non-hydrogen) atoms. The van der Waals surface area contributed by atoms with E-state index in [2.05, 4.69) is 10.5 Å². The number of nitrogens with one attached hydrogen (secondary N) is 1. The fourth-order valence-corrected chi connectivity index (χ4v) is 1.84. The minimum Gasteiger partial charge on any atom is -0.497 e. The molecule has 5 heteroatoms. The highest BCUT2D eigenvalue weighted by atomic mass is 16.5. The van der Waals surface area contributed by atoms with Gasteiger partial charge in [0.1, 0.15) is 11.5 Å². The molecule has 0 aliphatic carbocycles. The normalized spacial score (nSPS) is 10.5. The van der Waals surface area contributed by atoms with Gasteiger partial charge in [0.15, 0.2) is 5.76 Å². The van der Waals surface area contributed by atoms with Crippen molar-refractivity contribution in [3.05, 3.63) is 41.3 Å².